The van der Waals surface area contributed by atoms with E-state index in [4.69, 9.17) is 11.6 Å². The monoisotopic (exact) mass is 283 g/mol. The fourth-order valence-corrected chi connectivity index (χ4v) is 3.23. The molecule has 0 aliphatic heterocycles. The molecule has 86 valence electrons. The van der Waals surface area contributed by atoms with Crippen LogP contribution in [-0.2, 0) is 6.54 Å². The second-order valence-corrected chi connectivity index (χ2v) is 5.99. The van der Waals surface area contributed by atoms with Gasteiger partial charge in [-0.15, -0.1) is 22.7 Å². The molecule has 0 fully saturated rings. The molecule has 0 aromatic carbocycles. The first kappa shape index (κ1) is 10.9. The first-order chi connectivity index (χ1) is 8.24. The lowest BCUT2D eigenvalue weighted by Crippen LogP contribution is -2.19. The quantitative estimate of drug-likeness (QED) is 0.726. The standard InChI is InChI=1S/C10H6ClN3OS2/c11-10-12-3-6(17-10)4-14-5-13-8-7(9(14)15)1-2-16-8/h1-3,5H,4H2. The zero-order valence-electron chi connectivity index (χ0n) is 8.46. The van der Waals surface area contributed by atoms with E-state index in [2.05, 4.69) is 9.97 Å². The van der Waals surface area contributed by atoms with Crippen molar-refractivity contribution in [2.24, 2.45) is 0 Å². The number of aromatic nitrogens is 3. The minimum atomic E-state index is -0.0271. The van der Waals surface area contributed by atoms with Crippen LogP contribution < -0.4 is 5.56 Å². The second-order valence-electron chi connectivity index (χ2n) is 3.40. The van der Waals surface area contributed by atoms with Crippen LogP contribution in [0.5, 0.6) is 0 Å². The Morgan fingerprint density at radius 2 is 2.29 bits per heavy atom. The predicted octanol–water partition coefficient (Wildman–Crippen LogP) is 2.62. The van der Waals surface area contributed by atoms with Crippen LogP contribution in [0.4, 0.5) is 0 Å². The maximum Gasteiger partial charge on any atom is 0.262 e. The van der Waals surface area contributed by atoms with Gasteiger partial charge in [-0.25, -0.2) is 9.97 Å². The van der Waals surface area contributed by atoms with Crippen LogP contribution in [0.25, 0.3) is 10.2 Å². The molecular formula is C10H6ClN3OS2. The maximum absolute atomic E-state index is 12.1. The Kier molecular flexibility index (Phi) is 2.70. The summed E-state index contributed by atoms with van der Waals surface area (Å²) in [5.41, 5.74) is -0.0271. The second kappa shape index (κ2) is 4.21. The Balaban J connectivity index is 2.06. The van der Waals surface area contributed by atoms with E-state index < -0.39 is 0 Å². The first-order valence-corrected chi connectivity index (χ1v) is 6.84. The lowest BCUT2D eigenvalue weighted by Gasteiger charge is -2.01. The molecule has 17 heavy (non-hydrogen) atoms. The number of thiophene rings is 1. The van der Waals surface area contributed by atoms with E-state index in [0.29, 0.717) is 16.4 Å². The lowest BCUT2D eigenvalue weighted by atomic mass is 10.4. The summed E-state index contributed by atoms with van der Waals surface area (Å²) >= 11 is 8.58. The number of halogens is 1. The van der Waals surface area contributed by atoms with Crippen LogP contribution in [0, 0.1) is 0 Å². The molecule has 0 aliphatic rings. The van der Waals surface area contributed by atoms with Gasteiger partial charge in [0.25, 0.3) is 5.56 Å². The van der Waals surface area contributed by atoms with E-state index in [9.17, 15) is 4.79 Å². The van der Waals surface area contributed by atoms with Crippen LogP contribution >= 0.6 is 34.3 Å². The summed E-state index contributed by atoms with van der Waals surface area (Å²) in [6.45, 7) is 0.460. The molecule has 0 bridgehead atoms. The van der Waals surface area contributed by atoms with E-state index >= 15 is 0 Å². The van der Waals surface area contributed by atoms with E-state index in [1.54, 1.807) is 23.2 Å². The molecule has 0 aliphatic carbocycles. The molecule has 0 amide bonds. The largest absolute Gasteiger partial charge is 0.293 e. The molecule has 7 heteroatoms. The Morgan fingerprint density at radius 1 is 1.41 bits per heavy atom. The molecule has 0 saturated carbocycles. The molecule has 3 rings (SSSR count). The molecule has 3 aromatic heterocycles. The van der Waals surface area contributed by atoms with Gasteiger partial charge >= 0.3 is 0 Å². The number of fused-ring (bicyclic) bond motifs is 1. The Labute approximate surface area is 109 Å². The van der Waals surface area contributed by atoms with Gasteiger partial charge in [0.05, 0.1) is 18.3 Å². The third-order valence-electron chi connectivity index (χ3n) is 2.30. The molecule has 0 atom stereocenters. The van der Waals surface area contributed by atoms with Gasteiger partial charge < -0.3 is 0 Å². The van der Waals surface area contributed by atoms with Gasteiger partial charge in [0.1, 0.15) is 4.83 Å². The third-order valence-corrected chi connectivity index (χ3v) is 4.22. The fourth-order valence-electron chi connectivity index (χ4n) is 1.53. The van der Waals surface area contributed by atoms with Crippen LogP contribution in [0.3, 0.4) is 0 Å². The zero-order valence-corrected chi connectivity index (χ0v) is 10.8. The molecule has 3 heterocycles. The van der Waals surface area contributed by atoms with Crippen molar-refractivity contribution in [3.8, 4) is 0 Å². The Hall–Kier alpha value is -1.24. The molecule has 3 aromatic rings. The molecule has 0 radical (unpaired) electrons. The van der Waals surface area contributed by atoms with Gasteiger partial charge in [-0.05, 0) is 11.4 Å². The van der Waals surface area contributed by atoms with Gasteiger partial charge in [-0.2, -0.15) is 0 Å². The summed E-state index contributed by atoms with van der Waals surface area (Å²) in [6, 6.07) is 1.80. The van der Waals surface area contributed by atoms with E-state index in [1.165, 1.54) is 22.7 Å². The van der Waals surface area contributed by atoms with Crippen molar-refractivity contribution in [3.63, 3.8) is 0 Å². The van der Waals surface area contributed by atoms with Gasteiger partial charge in [0.2, 0.25) is 0 Å². The van der Waals surface area contributed by atoms with Crippen LogP contribution in [0.15, 0.2) is 28.8 Å². The maximum atomic E-state index is 12.1. The van der Waals surface area contributed by atoms with Crippen molar-refractivity contribution in [1.82, 2.24) is 14.5 Å². The van der Waals surface area contributed by atoms with Crippen LogP contribution in [-0.4, -0.2) is 14.5 Å². The average molecular weight is 284 g/mol. The summed E-state index contributed by atoms with van der Waals surface area (Å²) < 4.78 is 2.05. The Bertz CT molecular complexity index is 730. The lowest BCUT2D eigenvalue weighted by molar-refractivity contribution is 0.758. The summed E-state index contributed by atoms with van der Waals surface area (Å²) in [5, 5.41) is 2.53. The highest BCUT2D eigenvalue weighted by Gasteiger charge is 2.07. The van der Waals surface area contributed by atoms with Gasteiger partial charge in [-0.3, -0.25) is 9.36 Å². The SMILES string of the molecule is O=c1c2ccsc2ncn1Cc1cnc(Cl)s1. The van der Waals surface area contributed by atoms with Crippen molar-refractivity contribution in [2.75, 3.05) is 0 Å². The molecule has 4 nitrogen and oxygen atoms in total. The molecular weight excluding hydrogens is 278 g/mol. The zero-order chi connectivity index (χ0) is 11.8. The highest BCUT2D eigenvalue weighted by atomic mass is 35.5. The highest BCUT2D eigenvalue weighted by molar-refractivity contribution is 7.16. The third kappa shape index (κ3) is 1.99. The number of thiazole rings is 1. The minimum absolute atomic E-state index is 0.0271. The van der Waals surface area contributed by atoms with Gasteiger partial charge in [0, 0.05) is 11.1 Å². The summed E-state index contributed by atoms with van der Waals surface area (Å²) in [6.07, 6.45) is 3.24. The van der Waals surface area contributed by atoms with Crippen LogP contribution in [0.2, 0.25) is 4.47 Å². The van der Waals surface area contributed by atoms with E-state index in [0.717, 1.165) is 9.71 Å². The summed E-state index contributed by atoms with van der Waals surface area (Å²) in [4.78, 5) is 22.0. The van der Waals surface area contributed by atoms with E-state index in [1.807, 2.05) is 5.38 Å². The molecule has 0 N–H and O–H groups in total. The number of nitrogens with zero attached hydrogens (tertiary/aromatic N) is 3. The first-order valence-electron chi connectivity index (χ1n) is 4.77. The molecule has 0 spiro atoms. The van der Waals surface area contributed by atoms with E-state index in [-0.39, 0.29) is 5.56 Å². The topological polar surface area (TPSA) is 47.8 Å². The average Bonchev–Trinajstić information content (AvgIpc) is 2.92. The Morgan fingerprint density at radius 3 is 3.06 bits per heavy atom. The minimum Gasteiger partial charge on any atom is -0.293 e. The smallest absolute Gasteiger partial charge is 0.262 e. The van der Waals surface area contributed by atoms with Crippen LogP contribution in [0.1, 0.15) is 4.88 Å². The van der Waals surface area contributed by atoms with Crippen molar-refractivity contribution >= 4 is 44.5 Å². The predicted molar refractivity (Wildman–Crippen MR) is 70.1 cm³/mol. The molecule has 0 saturated heterocycles. The highest BCUT2D eigenvalue weighted by Crippen LogP contribution is 2.19. The summed E-state index contributed by atoms with van der Waals surface area (Å²) in [5.74, 6) is 0. The number of hydrogen-bond acceptors (Lipinski definition) is 5. The van der Waals surface area contributed by atoms with Gasteiger partial charge in [0.15, 0.2) is 4.47 Å². The van der Waals surface area contributed by atoms with Crippen molar-refractivity contribution in [2.45, 2.75) is 6.54 Å². The van der Waals surface area contributed by atoms with Crippen molar-refractivity contribution in [1.29, 1.82) is 0 Å². The van der Waals surface area contributed by atoms with Gasteiger partial charge in [-0.1, -0.05) is 11.6 Å². The number of hydrogen-bond donors (Lipinski definition) is 0. The number of rotatable bonds is 2. The summed E-state index contributed by atoms with van der Waals surface area (Å²) in [7, 11) is 0. The molecule has 0 unspecified atom stereocenters. The fraction of sp³-hybridized carbons (Fsp3) is 0.100. The van der Waals surface area contributed by atoms with Crippen molar-refractivity contribution < 1.29 is 0 Å². The van der Waals surface area contributed by atoms with Crippen molar-refractivity contribution in [3.05, 3.63) is 43.7 Å². The normalized spacial score (nSPS) is 11.1.